The number of carbonyl (C=O) groups excluding carboxylic acids is 2. The van der Waals surface area contributed by atoms with Crippen LogP contribution in [0.15, 0.2) is 36.5 Å². The van der Waals surface area contributed by atoms with Crippen molar-refractivity contribution >= 4 is 11.9 Å². The summed E-state index contributed by atoms with van der Waals surface area (Å²) in [6, 6.07) is -0.626. The molecule has 0 spiro atoms. The molecule has 3 N–H and O–H groups in total. The Hall–Kier alpha value is -1.92. The van der Waals surface area contributed by atoms with Crippen LogP contribution in [0.25, 0.3) is 0 Å². The summed E-state index contributed by atoms with van der Waals surface area (Å²) in [4.78, 5) is 24.6. The molecule has 0 aromatic heterocycles. The van der Waals surface area contributed by atoms with E-state index in [1.54, 1.807) is 6.08 Å². The molecule has 82 heavy (non-hydrogen) atoms. The summed E-state index contributed by atoms with van der Waals surface area (Å²) in [7, 11) is 0. The van der Waals surface area contributed by atoms with Gasteiger partial charge in [-0.3, -0.25) is 9.59 Å². The Kier molecular flexibility index (Phi) is 69.9. The van der Waals surface area contributed by atoms with Gasteiger partial charge in [0, 0.05) is 12.8 Å². The molecule has 0 saturated carbocycles. The number of nitrogens with one attached hydrogen (secondary N) is 1. The standard InChI is InChI=1S/C76H145NO5/c1-3-5-7-9-11-13-15-17-19-20-39-42-46-50-54-58-62-66-70-76(81)82-71-67-63-59-55-51-47-43-40-37-35-33-31-29-27-25-23-21-22-24-26-28-30-32-34-36-38-41-45-49-53-57-61-65-69-75(80)77-73(72-78)74(79)68-64-60-56-52-48-44-18-16-14-12-10-8-6-4-2/h25,27,31,33,64,68,73-74,78-79H,3-24,26,28-30,32,34-63,65-67,69-72H2,1-2H3,(H,77,80)/b27-25-,33-31-,68-64+. The van der Waals surface area contributed by atoms with Gasteiger partial charge in [0.15, 0.2) is 0 Å². The third-order valence-electron chi connectivity index (χ3n) is 17.4. The van der Waals surface area contributed by atoms with Crippen molar-refractivity contribution in [2.24, 2.45) is 0 Å². The molecule has 6 heteroatoms. The molecule has 0 aromatic rings. The first kappa shape index (κ1) is 80.1. The monoisotopic (exact) mass is 1150 g/mol. The Balaban J connectivity index is 3.37. The van der Waals surface area contributed by atoms with Crippen molar-refractivity contribution in [2.75, 3.05) is 13.2 Å². The SMILES string of the molecule is CCCCCCCCCCCCCC/C=C/C(O)C(CO)NC(=O)CCCCCCCCCCCCCCCCCCC/C=C\C/C=C\CCCCCCCCCCCOC(=O)CCCCCCCCCCCCCCCCCCCC. The summed E-state index contributed by atoms with van der Waals surface area (Å²) < 4.78 is 5.51. The second-order valence-electron chi connectivity index (χ2n) is 25.6. The molecular formula is C76H145NO5. The molecule has 6 nitrogen and oxygen atoms in total. The van der Waals surface area contributed by atoms with Crippen molar-refractivity contribution in [1.82, 2.24) is 5.32 Å². The van der Waals surface area contributed by atoms with E-state index in [1.807, 2.05) is 6.08 Å². The molecule has 0 aliphatic carbocycles. The quantitative estimate of drug-likeness (QED) is 0.0320. The lowest BCUT2D eigenvalue weighted by Crippen LogP contribution is -2.45. The van der Waals surface area contributed by atoms with Gasteiger partial charge >= 0.3 is 5.97 Å². The number of allylic oxidation sites excluding steroid dienone is 5. The minimum absolute atomic E-state index is 0.0189. The zero-order chi connectivity index (χ0) is 59.2. The van der Waals surface area contributed by atoms with Crippen molar-refractivity contribution < 1.29 is 24.5 Å². The summed E-state index contributed by atoms with van der Waals surface area (Å²) >= 11 is 0. The van der Waals surface area contributed by atoms with Gasteiger partial charge in [0.05, 0.1) is 25.4 Å². The predicted molar refractivity (Wildman–Crippen MR) is 361 cm³/mol. The van der Waals surface area contributed by atoms with Gasteiger partial charge in [0.1, 0.15) is 0 Å². The molecule has 0 aliphatic heterocycles. The largest absolute Gasteiger partial charge is 0.466 e. The molecule has 2 atom stereocenters. The second kappa shape index (κ2) is 71.6. The summed E-state index contributed by atoms with van der Waals surface area (Å²) in [6.07, 6.45) is 92.5. The molecule has 0 radical (unpaired) electrons. The van der Waals surface area contributed by atoms with Gasteiger partial charge in [0.25, 0.3) is 0 Å². The first-order valence-electron chi connectivity index (χ1n) is 37.3. The van der Waals surface area contributed by atoms with E-state index in [1.165, 1.54) is 340 Å². The Morgan fingerprint density at radius 2 is 0.610 bits per heavy atom. The molecule has 0 heterocycles. The number of esters is 1. The summed E-state index contributed by atoms with van der Waals surface area (Å²) in [5, 5.41) is 23.1. The first-order valence-corrected chi connectivity index (χ1v) is 37.3. The molecular weight excluding hydrogens is 1010 g/mol. The third-order valence-corrected chi connectivity index (χ3v) is 17.4. The lowest BCUT2D eigenvalue weighted by atomic mass is 10.0. The lowest BCUT2D eigenvalue weighted by molar-refractivity contribution is -0.143. The van der Waals surface area contributed by atoms with Crippen molar-refractivity contribution in [3.05, 3.63) is 36.5 Å². The number of amides is 1. The van der Waals surface area contributed by atoms with Crippen molar-refractivity contribution in [1.29, 1.82) is 0 Å². The zero-order valence-corrected chi connectivity index (χ0v) is 55.5. The van der Waals surface area contributed by atoms with Gasteiger partial charge in [-0.15, -0.1) is 0 Å². The van der Waals surface area contributed by atoms with E-state index in [0.29, 0.717) is 19.4 Å². The minimum Gasteiger partial charge on any atom is -0.466 e. The number of unbranched alkanes of at least 4 members (excludes halogenated alkanes) is 55. The van der Waals surface area contributed by atoms with Crippen molar-refractivity contribution in [3.8, 4) is 0 Å². The van der Waals surface area contributed by atoms with Crippen LogP contribution in [0.2, 0.25) is 0 Å². The molecule has 0 saturated heterocycles. The van der Waals surface area contributed by atoms with Crippen LogP contribution in [0.1, 0.15) is 412 Å². The number of hydrogen-bond donors (Lipinski definition) is 3. The van der Waals surface area contributed by atoms with Gasteiger partial charge in [-0.1, -0.05) is 371 Å². The summed E-state index contributed by atoms with van der Waals surface area (Å²) in [5.41, 5.74) is 0. The first-order chi connectivity index (χ1) is 40.5. The normalized spacial score (nSPS) is 12.7. The van der Waals surface area contributed by atoms with Crippen LogP contribution in [-0.2, 0) is 14.3 Å². The number of rotatable bonds is 70. The summed E-state index contributed by atoms with van der Waals surface area (Å²) in [5.74, 6) is -0.0453. The Labute approximate surface area is 513 Å². The molecule has 0 fully saturated rings. The average molecular weight is 1150 g/mol. The third kappa shape index (κ3) is 67.2. The maximum absolute atomic E-state index is 12.5. The maximum Gasteiger partial charge on any atom is 0.305 e. The minimum atomic E-state index is -0.843. The van der Waals surface area contributed by atoms with Crippen LogP contribution < -0.4 is 5.32 Å². The van der Waals surface area contributed by atoms with Gasteiger partial charge in [-0.25, -0.2) is 0 Å². The maximum atomic E-state index is 12.5. The fourth-order valence-electron chi connectivity index (χ4n) is 11.7. The van der Waals surface area contributed by atoms with E-state index < -0.39 is 12.1 Å². The van der Waals surface area contributed by atoms with Crippen LogP contribution in [0.3, 0.4) is 0 Å². The fraction of sp³-hybridized carbons (Fsp3) is 0.895. The van der Waals surface area contributed by atoms with Gasteiger partial charge in [-0.2, -0.15) is 0 Å². The van der Waals surface area contributed by atoms with E-state index in [9.17, 15) is 19.8 Å². The van der Waals surface area contributed by atoms with Gasteiger partial charge in [0.2, 0.25) is 5.91 Å². The predicted octanol–water partition coefficient (Wildman–Crippen LogP) is 24.3. The van der Waals surface area contributed by atoms with Crippen LogP contribution in [0.5, 0.6) is 0 Å². The number of carbonyl (C=O) groups is 2. The lowest BCUT2D eigenvalue weighted by Gasteiger charge is -2.20. The zero-order valence-electron chi connectivity index (χ0n) is 55.5. The highest BCUT2D eigenvalue weighted by atomic mass is 16.5. The topological polar surface area (TPSA) is 95.9 Å². The molecule has 0 rings (SSSR count). The van der Waals surface area contributed by atoms with E-state index in [4.69, 9.17) is 4.74 Å². The van der Waals surface area contributed by atoms with Crippen LogP contribution in [0.4, 0.5) is 0 Å². The number of aliphatic hydroxyl groups excluding tert-OH is 2. The molecule has 484 valence electrons. The Morgan fingerprint density at radius 3 is 0.927 bits per heavy atom. The van der Waals surface area contributed by atoms with E-state index in [-0.39, 0.29) is 18.5 Å². The molecule has 0 aliphatic rings. The Morgan fingerprint density at radius 1 is 0.341 bits per heavy atom. The van der Waals surface area contributed by atoms with E-state index in [0.717, 1.165) is 44.9 Å². The number of aliphatic hydroxyl groups is 2. The van der Waals surface area contributed by atoms with Gasteiger partial charge < -0.3 is 20.3 Å². The van der Waals surface area contributed by atoms with Crippen LogP contribution in [-0.4, -0.2) is 47.4 Å². The Bertz CT molecular complexity index is 1330. The van der Waals surface area contributed by atoms with E-state index >= 15 is 0 Å². The van der Waals surface area contributed by atoms with Gasteiger partial charge in [-0.05, 0) is 64.2 Å². The highest BCUT2D eigenvalue weighted by Gasteiger charge is 2.18. The highest BCUT2D eigenvalue weighted by Crippen LogP contribution is 2.19. The van der Waals surface area contributed by atoms with Crippen molar-refractivity contribution in [3.63, 3.8) is 0 Å². The summed E-state index contributed by atoms with van der Waals surface area (Å²) in [6.45, 7) is 4.94. The molecule has 1 amide bonds. The average Bonchev–Trinajstić information content (AvgIpc) is 3.48. The molecule has 0 bridgehead atoms. The smallest absolute Gasteiger partial charge is 0.305 e. The fourth-order valence-corrected chi connectivity index (χ4v) is 11.7. The number of ether oxygens (including phenoxy) is 1. The van der Waals surface area contributed by atoms with Crippen LogP contribution >= 0.6 is 0 Å². The number of hydrogen-bond acceptors (Lipinski definition) is 5. The molecule has 0 aromatic carbocycles. The van der Waals surface area contributed by atoms with Crippen LogP contribution in [0, 0.1) is 0 Å². The van der Waals surface area contributed by atoms with E-state index in [2.05, 4.69) is 43.5 Å². The highest BCUT2D eigenvalue weighted by molar-refractivity contribution is 5.76. The van der Waals surface area contributed by atoms with Crippen molar-refractivity contribution in [2.45, 2.75) is 424 Å². The second-order valence-corrected chi connectivity index (χ2v) is 25.6. The molecule has 2 unspecified atom stereocenters.